The minimum atomic E-state index is -3.49. The molecule has 0 saturated carbocycles. The molecule has 0 radical (unpaired) electrons. The van der Waals surface area contributed by atoms with Gasteiger partial charge in [-0.15, -0.1) is 0 Å². The number of methoxy groups -OCH3 is 1. The third-order valence-corrected chi connectivity index (χ3v) is 7.37. The number of rotatable bonds is 5. The molecule has 0 aliphatic carbocycles. The summed E-state index contributed by atoms with van der Waals surface area (Å²) in [6.45, 7) is 3.47. The first-order valence-corrected chi connectivity index (χ1v) is 11.3. The highest BCUT2D eigenvalue weighted by atomic mass is 32.2. The fraction of sp³-hybridized carbons (Fsp3) is 0.304. The van der Waals surface area contributed by atoms with Crippen molar-refractivity contribution < 1.29 is 13.2 Å². The van der Waals surface area contributed by atoms with Crippen LogP contribution in [0.2, 0.25) is 0 Å². The maximum atomic E-state index is 13.2. The van der Waals surface area contributed by atoms with Gasteiger partial charge in [0.15, 0.2) is 0 Å². The second-order valence-electron chi connectivity index (χ2n) is 7.39. The second kappa shape index (κ2) is 8.53. The fourth-order valence-corrected chi connectivity index (χ4v) is 5.32. The molecule has 0 spiro atoms. The van der Waals surface area contributed by atoms with Crippen LogP contribution in [0.4, 0.5) is 0 Å². The molecule has 1 aliphatic rings. The molecule has 29 heavy (non-hydrogen) atoms. The molecule has 0 amide bonds. The van der Waals surface area contributed by atoms with E-state index in [9.17, 15) is 8.42 Å². The largest absolute Gasteiger partial charge is 0.497 e. The van der Waals surface area contributed by atoms with Crippen LogP contribution >= 0.6 is 0 Å². The minimum Gasteiger partial charge on any atom is -0.497 e. The van der Waals surface area contributed by atoms with Crippen LogP contribution < -0.4 is 4.74 Å². The Bertz CT molecular complexity index is 1080. The van der Waals surface area contributed by atoms with Gasteiger partial charge >= 0.3 is 0 Å². The predicted octanol–water partition coefficient (Wildman–Crippen LogP) is 3.75. The lowest BCUT2D eigenvalue weighted by Crippen LogP contribution is -2.35. The second-order valence-corrected chi connectivity index (χ2v) is 9.33. The van der Waals surface area contributed by atoms with Crippen LogP contribution in [-0.2, 0) is 16.6 Å². The van der Waals surface area contributed by atoms with E-state index in [0.29, 0.717) is 18.0 Å². The van der Waals surface area contributed by atoms with E-state index in [2.05, 4.69) is 17.0 Å². The molecule has 4 rings (SSSR count). The van der Waals surface area contributed by atoms with E-state index < -0.39 is 10.0 Å². The summed E-state index contributed by atoms with van der Waals surface area (Å²) in [6, 6.07) is 21.3. The Morgan fingerprint density at radius 1 is 0.862 bits per heavy atom. The van der Waals surface area contributed by atoms with Crippen LogP contribution in [0.5, 0.6) is 5.75 Å². The van der Waals surface area contributed by atoms with E-state index in [-0.39, 0.29) is 0 Å². The number of hydrogen-bond acceptors (Lipinski definition) is 4. The summed E-state index contributed by atoms with van der Waals surface area (Å²) in [5.74, 6) is 0.845. The molecule has 3 aromatic carbocycles. The van der Waals surface area contributed by atoms with E-state index in [1.807, 2.05) is 42.5 Å². The molecule has 1 heterocycles. The van der Waals surface area contributed by atoms with Gasteiger partial charge in [0.05, 0.1) is 12.0 Å². The van der Waals surface area contributed by atoms with Crippen molar-refractivity contribution in [2.24, 2.45) is 0 Å². The third-order valence-electron chi connectivity index (χ3n) is 5.47. The maximum Gasteiger partial charge on any atom is 0.243 e. The predicted molar refractivity (Wildman–Crippen MR) is 116 cm³/mol. The van der Waals surface area contributed by atoms with E-state index >= 15 is 0 Å². The van der Waals surface area contributed by atoms with Crippen LogP contribution in [-0.4, -0.2) is 50.9 Å². The topological polar surface area (TPSA) is 49.9 Å². The van der Waals surface area contributed by atoms with Gasteiger partial charge in [0.2, 0.25) is 10.0 Å². The summed E-state index contributed by atoms with van der Waals surface area (Å²) in [5.41, 5.74) is 1.21. The van der Waals surface area contributed by atoms with Gasteiger partial charge in [-0.3, -0.25) is 4.90 Å². The summed E-state index contributed by atoms with van der Waals surface area (Å²) < 4.78 is 33.3. The number of fused-ring (bicyclic) bond motifs is 1. The molecule has 0 N–H and O–H groups in total. The van der Waals surface area contributed by atoms with Crippen molar-refractivity contribution in [3.63, 3.8) is 0 Å². The number of sulfonamides is 1. The van der Waals surface area contributed by atoms with Gasteiger partial charge in [-0.05, 0) is 53.6 Å². The van der Waals surface area contributed by atoms with Crippen molar-refractivity contribution in [1.29, 1.82) is 0 Å². The fourth-order valence-electron chi connectivity index (χ4n) is 3.81. The molecule has 1 fully saturated rings. The normalized spacial score (nSPS) is 16.6. The lowest BCUT2D eigenvalue weighted by Gasteiger charge is -2.22. The first kappa shape index (κ1) is 19.9. The Hall–Kier alpha value is -2.41. The van der Waals surface area contributed by atoms with Crippen molar-refractivity contribution in [3.8, 4) is 5.75 Å². The van der Waals surface area contributed by atoms with Gasteiger partial charge in [0.1, 0.15) is 5.75 Å². The molecule has 1 saturated heterocycles. The zero-order valence-electron chi connectivity index (χ0n) is 16.6. The van der Waals surface area contributed by atoms with Crippen LogP contribution in [0, 0.1) is 0 Å². The van der Waals surface area contributed by atoms with Crippen LogP contribution in [0.25, 0.3) is 10.8 Å². The number of benzene rings is 3. The number of nitrogens with zero attached hydrogens (tertiary/aromatic N) is 2. The molecule has 5 nitrogen and oxygen atoms in total. The van der Waals surface area contributed by atoms with Crippen molar-refractivity contribution in [1.82, 2.24) is 9.21 Å². The van der Waals surface area contributed by atoms with Gasteiger partial charge in [-0.25, -0.2) is 8.42 Å². The molecule has 0 unspecified atom stereocenters. The van der Waals surface area contributed by atoms with Gasteiger partial charge < -0.3 is 4.74 Å². The lowest BCUT2D eigenvalue weighted by atomic mass is 10.1. The van der Waals surface area contributed by atoms with Crippen LogP contribution in [0.1, 0.15) is 12.0 Å². The van der Waals surface area contributed by atoms with E-state index in [0.717, 1.165) is 42.6 Å². The summed E-state index contributed by atoms with van der Waals surface area (Å²) in [5, 5.41) is 2.00. The highest BCUT2D eigenvalue weighted by Crippen LogP contribution is 2.23. The Morgan fingerprint density at radius 2 is 1.62 bits per heavy atom. The molecular weight excluding hydrogens is 384 g/mol. The third kappa shape index (κ3) is 4.45. The van der Waals surface area contributed by atoms with Crippen molar-refractivity contribution in [2.45, 2.75) is 17.9 Å². The Kier molecular flexibility index (Phi) is 5.85. The highest BCUT2D eigenvalue weighted by molar-refractivity contribution is 7.89. The summed E-state index contributed by atoms with van der Waals surface area (Å²) in [4.78, 5) is 2.69. The molecular formula is C23H26N2O3S. The average molecular weight is 411 g/mol. The summed E-state index contributed by atoms with van der Waals surface area (Å²) in [6.07, 6.45) is 0.822. The van der Waals surface area contributed by atoms with Gasteiger partial charge in [0, 0.05) is 26.2 Å². The zero-order valence-corrected chi connectivity index (χ0v) is 17.4. The minimum absolute atomic E-state index is 0.375. The molecule has 1 aliphatic heterocycles. The van der Waals surface area contributed by atoms with Gasteiger partial charge in [-0.2, -0.15) is 4.31 Å². The lowest BCUT2D eigenvalue weighted by molar-refractivity contribution is 0.278. The highest BCUT2D eigenvalue weighted by Gasteiger charge is 2.27. The molecule has 0 aromatic heterocycles. The van der Waals surface area contributed by atoms with Crippen molar-refractivity contribution >= 4 is 20.8 Å². The number of ether oxygens (including phenoxy) is 1. The van der Waals surface area contributed by atoms with Crippen molar-refractivity contribution in [2.75, 3.05) is 33.3 Å². The Labute approximate surface area is 172 Å². The Balaban J connectivity index is 1.46. The summed E-state index contributed by atoms with van der Waals surface area (Å²) >= 11 is 0. The molecule has 0 bridgehead atoms. The van der Waals surface area contributed by atoms with E-state index in [1.165, 1.54) is 5.56 Å². The Morgan fingerprint density at radius 3 is 2.38 bits per heavy atom. The van der Waals surface area contributed by atoms with E-state index in [4.69, 9.17) is 4.74 Å². The standard InChI is InChI=1S/C23H26N2O3S/c1-28-22-10-7-19(8-11-22)18-24-13-4-14-25(16-15-24)29(26,27)23-12-9-20-5-2-3-6-21(20)17-23/h2-3,5-12,17H,4,13-16,18H2,1H3. The monoisotopic (exact) mass is 410 g/mol. The maximum absolute atomic E-state index is 13.2. The van der Waals surface area contributed by atoms with Gasteiger partial charge in [-0.1, -0.05) is 42.5 Å². The van der Waals surface area contributed by atoms with Crippen molar-refractivity contribution in [3.05, 3.63) is 72.3 Å². The van der Waals surface area contributed by atoms with Gasteiger partial charge in [0.25, 0.3) is 0 Å². The SMILES string of the molecule is COc1ccc(CN2CCCN(S(=O)(=O)c3ccc4ccccc4c3)CC2)cc1. The average Bonchev–Trinajstić information content (AvgIpc) is 3.00. The quantitative estimate of drug-likeness (QED) is 0.643. The molecule has 3 aromatic rings. The van der Waals surface area contributed by atoms with E-state index in [1.54, 1.807) is 23.5 Å². The first-order chi connectivity index (χ1) is 14.1. The molecule has 0 atom stereocenters. The molecule has 152 valence electrons. The first-order valence-electron chi connectivity index (χ1n) is 9.90. The van der Waals surface area contributed by atoms with Crippen LogP contribution in [0.15, 0.2) is 71.6 Å². The smallest absolute Gasteiger partial charge is 0.243 e. The summed E-state index contributed by atoms with van der Waals surface area (Å²) in [7, 11) is -1.83. The zero-order chi connectivity index (χ0) is 20.3. The molecule has 6 heteroatoms. The van der Waals surface area contributed by atoms with Crippen LogP contribution in [0.3, 0.4) is 0 Å². The number of hydrogen-bond donors (Lipinski definition) is 0.